The van der Waals surface area contributed by atoms with Gasteiger partial charge in [0.2, 0.25) is 0 Å². The van der Waals surface area contributed by atoms with E-state index in [1.807, 2.05) is 62.5 Å². The van der Waals surface area contributed by atoms with Crippen LogP contribution >= 0.6 is 0 Å². The van der Waals surface area contributed by atoms with Crippen molar-refractivity contribution in [1.82, 2.24) is 9.55 Å². The normalized spacial score (nSPS) is 13.5. The Hall–Kier alpha value is -2.59. The van der Waals surface area contributed by atoms with Gasteiger partial charge in [-0.05, 0) is 25.5 Å². The molecule has 0 fully saturated rings. The molecule has 0 aliphatic carbocycles. The highest BCUT2D eigenvalue weighted by Crippen LogP contribution is 2.21. The number of nitrogens with zero attached hydrogens (tertiary/aromatic N) is 2. The minimum atomic E-state index is -0.507. The van der Waals surface area contributed by atoms with Crippen LogP contribution in [0.15, 0.2) is 67.0 Å². The van der Waals surface area contributed by atoms with E-state index in [2.05, 4.69) is 21.7 Å². The van der Waals surface area contributed by atoms with Crippen LogP contribution in [-0.2, 0) is 6.54 Å². The van der Waals surface area contributed by atoms with Crippen molar-refractivity contribution < 1.29 is 4.74 Å². The van der Waals surface area contributed by atoms with E-state index in [-0.39, 0.29) is 0 Å². The maximum absolute atomic E-state index is 6.48. The number of hydrogen-bond donors (Lipinski definition) is 1. The maximum Gasteiger partial charge on any atom is 0.139 e. The summed E-state index contributed by atoms with van der Waals surface area (Å²) in [6.45, 7) is 5.10. The highest BCUT2D eigenvalue weighted by Gasteiger charge is 2.22. The molecule has 0 spiro atoms. The minimum Gasteiger partial charge on any atom is -0.491 e. The van der Waals surface area contributed by atoms with Gasteiger partial charge in [0.05, 0.1) is 5.54 Å². The first kappa shape index (κ1) is 16.3. The molecule has 0 amide bonds. The van der Waals surface area contributed by atoms with E-state index in [0.717, 1.165) is 22.7 Å². The molecule has 0 saturated carbocycles. The molecule has 3 rings (SSSR count). The number of imidazole rings is 1. The van der Waals surface area contributed by atoms with Crippen LogP contribution in [0.2, 0.25) is 0 Å². The summed E-state index contributed by atoms with van der Waals surface area (Å²) in [5.41, 5.74) is 8.17. The maximum atomic E-state index is 6.48. The fraction of sp³-hybridized carbons (Fsp3) is 0.250. The summed E-state index contributed by atoms with van der Waals surface area (Å²) in [4.78, 5) is 4.47. The molecule has 1 atom stereocenters. The summed E-state index contributed by atoms with van der Waals surface area (Å²) in [5.74, 6) is 1.80. The second-order valence-electron chi connectivity index (χ2n) is 6.45. The third kappa shape index (κ3) is 3.84. The molecule has 2 N–H and O–H groups in total. The van der Waals surface area contributed by atoms with Gasteiger partial charge in [-0.2, -0.15) is 0 Å². The molecule has 0 saturated heterocycles. The minimum absolute atomic E-state index is 0.435. The Morgan fingerprint density at radius 1 is 1.08 bits per heavy atom. The fourth-order valence-electron chi connectivity index (χ4n) is 2.68. The number of ether oxygens (including phenoxy) is 1. The molecule has 3 aromatic rings. The number of aryl methyl sites for hydroxylation is 1. The third-order valence-corrected chi connectivity index (χ3v) is 3.93. The van der Waals surface area contributed by atoms with E-state index < -0.39 is 5.54 Å². The van der Waals surface area contributed by atoms with E-state index in [9.17, 15) is 0 Å². The van der Waals surface area contributed by atoms with Crippen LogP contribution in [-0.4, -0.2) is 21.7 Å². The Labute approximate surface area is 142 Å². The molecule has 124 valence electrons. The van der Waals surface area contributed by atoms with Crippen molar-refractivity contribution in [2.75, 3.05) is 6.61 Å². The van der Waals surface area contributed by atoms with E-state index in [4.69, 9.17) is 10.5 Å². The number of nitrogens with two attached hydrogens (primary N) is 1. The lowest BCUT2D eigenvalue weighted by molar-refractivity contribution is 0.211. The van der Waals surface area contributed by atoms with Gasteiger partial charge >= 0.3 is 0 Å². The lowest BCUT2D eigenvalue weighted by Crippen LogP contribution is -2.46. The zero-order chi connectivity index (χ0) is 17.0. The van der Waals surface area contributed by atoms with Gasteiger partial charge in [0, 0.05) is 24.5 Å². The number of aromatic nitrogens is 2. The summed E-state index contributed by atoms with van der Waals surface area (Å²) >= 11 is 0. The summed E-state index contributed by atoms with van der Waals surface area (Å²) in [6.07, 6.45) is 3.77. The second-order valence-corrected chi connectivity index (χ2v) is 6.45. The number of hydrogen-bond acceptors (Lipinski definition) is 3. The Bertz CT molecular complexity index is 793. The molecule has 4 heteroatoms. The van der Waals surface area contributed by atoms with Crippen LogP contribution in [0.25, 0.3) is 11.4 Å². The SMILES string of the molecule is Cc1ccccc1OCC(C)(N)Cn1ccnc1-c1ccccc1. The summed E-state index contributed by atoms with van der Waals surface area (Å²) in [5, 5.41) is 0. The Morgan fingerprint density at radius 3 is 2.54 bits per heavy atom. The Morgan fingerprint density at radius 2 is 1.79 bits per heavy atom. The highest BCUT2D eigenvalue weighted by atomic mass is 16.5. The van der Waals surface area contributed by atoms with E-state index in [0.29, 0.717) is 13.2 Å². The summed E-state index contributed by atoms with van der Waals surface area (Å²) in [6, 6.07) is 18.1. The van der Waals surface area contributed by atoms with E-state index in [1.165, 1.54) is 0 Å². The second kappa shape index (κ2) is 6.89. The summed E-state index contributed by atoms with van der Waals surface area (Å²) < 4.78 is 8.02. The Kier molecular flexibility index (Phi) is 4.67. The topological polar surface area (TPSA) is 53.1 Å². The molecule has 0 aliphatic heterocycles. The molecule has 1 aromatic heterocycles. The first-order chi connectivity index (χ1) is 11.6. The number of para-hydroxylation sites is 1. The first-order valence-electron chi connectivity index (χ1n) is 8.09. The molecule has 2 aromatic carbocycles. The third-order valence-electron chi connectivity index (χ3n) is 3.93. The van der Waals surface area contributed by atoms with Crippen LogP contribution in [0.3, 0.4) is 0 Å². The van der Waals surface area contributed by atoms with Gasteiger partial charge in [0.25, 0.3) is 0 Å². The first-order valence-corrected chi connectivity index (χ1v) is 8.09. The Balaban J connectivity index is 1.71. The predicted molar refractivity (Wildman–Crippen MR) is 96.9 cm³/mol. The summed E-state index contributed by atoms with van der Waals surface area (Å²) in [7, 11) is 0. The fourth-order valence-corrected chi connectivity index (χ4v) is 2.68. The van der Waals surface area contributed by atoms with Crippen molar-refractivity contribution in [3.63, 3.8) is 0 Å². The van der Waals surface area contributed by atoms with Crippen molar-refractivity contribution in [3.8, 4) is 17.1 Å². The van der Waals surface area contributed by atoms with E-state index in [1.54, 1.807) is 6.20 Å². The van der Waals surface area contributed by atoms with Crippen molar-refractivity contribution in [2.24, 2.45) is 5.73 Å². The molecular formula is C20H23N3O. The van der Waals surface area contributed by atoms with Gasteiger partial charge in [0.1, 0.15) is 18.2 Å². The lowest BCUT2D eigenvalue weighted by Gasteiger charge is -2.26. The predicted octanol–water partition coefficient (Wildman–Crippen LogP) is 3.65. The molecule has 4 nitrogen and oxygen atoms in total. The quantitative estimate of drug-likeness (QED) is 0.754. The molecule has 1 heterocycles. The van der Waals surface area contributed by atoms with Gasteiger partial charge in [-0.1, -0.05) is 48.5 Å². The van der Waals surface area contributed by atoms with Crippen LogP contribution < -0.4 is 10.5 Å². The largest absolute Gasteiger partial charge is 0.491 e. The van der Waals surface area contributed by atoms with Crippen molar-refractivity contribution in [2.45, 2.75) is 25.9 Å². The molecular weight excluding hydrogens is 298 g/mol. The van der Waals surface area contributed by atoms with Crippen molar-refractivity contribution in [3.05, 3.63) is 72.6 Å². The van der Waals surface area contributed by atoms with Crippen LogP contribution in [0.5, 0.6) is 5.75 Å². The zero-order valence-corrected chi connectivity index (χ0v) is 14.1. The van der Waals surface area contributed by atoms with Gasteiger partial charge < -0.3 is 15.0 Å². The molecule has 0 bridgehead atoms. The highest BCUT2D eigenvalue weighted by molar-refractivity contribution is 5.55. The lowest BCUT2D eigenvalue weighted by atomic mass is 10.1. The van der Waals surface area contributed by atoms with Crippen molar-refractivity contribution >= 4 is 0 Å². The van der Waals surface area contributed by atoms with Crippen molar-refractivity contribution in [1.29, 1.82) is 0 Å². The average molecular weight is 321 g/mol. The van der Waals surface area contributed by atoms with Gasteiger partial charge in [-0.3, -0.25) is 0 Å². The van der Waals surface area contributed by atoms with Crippen LogP contribution in [0.4, 0.5) is 0 Å². The standard InChI is InChI=1S/C20H23N3O/c1-16-8-6-7-11-18(16)24-15-20(2,21)14-23-13-12-22-19(23)17-9-4-3-5-10-17/h3-13H,14-15,21H2,1-2H3. The van der Waals surface area contributed by atoms with Gasteiger partial charge in [-0.25, -0.2) is 4.98 Å². The van der Waals surface area contributed by atoms with Gasteiger partial charge in [-0.15, -0.1) is 0 Å². The molecule has 1 unspecified atom stereocenters. The van der Waals surface area contributed by atoms with Crippen LogP contribution in [0, 0.1) is 6.92 Å². The van der Waals surface area contributed by atoms with E-state index >= 15 is 0 Å². The smallest absolute Gasteiger partial charge is 0.139 e. The number of rotatable bonds is 6. The molecule has 0 radical (unpaired) electrons. The average Bonchev–Trinajstić information content (AvgIpc) is 3.02. The van der Waals surface area contributed by atoms with Crippen LogP contribution in [0.1, 0.15) is 12.5 Å². The molecule has 24 heavy (non-hydrogen) atoms. The monoisotopic (exact) mass is 321 g/mol. The number of benzene rings is 2. The molecule has 0 aliphatic rings. The zero-order valence-electron chi connectivity index (χ0n) is 14.1. The van der Waals surface area contributed by atoms with Gasteiger partial charge in [0.15, 0.2) is 0 Å².